The molecular formula is C16H16FNO. The molecule has 2 N–H and O–H groups in total. The lowest BCUT2D eigenvalue weighted by molar-refractivity contribution is 0.242. The van der Waals surface area contributed by atoms with Gasteiger partial charge in [-0.15, -0.1) is 0 Å². The Bertz CT molecular complexity index is 624. The molecule has 2 nitrogen and oxygen atoms in total. The van der Waals surface area contributed by atoms with Crippen molar-refractivity contribution in [2.24, 2.45) is 5.73 Å². The van der Waals surface area contributed by atoms with Crippen molar-refractivity contribution in [1.82, 2.24) is 0 Å². The molecule has 0 unspecified atom stereocenters. The third-order valence-corrected chi connectivity index (χ3v) is 3.62. The Morgan fingerprint density at radius 2 is 2.00 bits per heavy atom. The second-order valence-electron chi connectivity index (χ2n) is 4.90. The highest BCUT2D eigenvalue weighted by Gasteiger charge is 2.28. The number of ether oxygens (including phenoxy) is 1. The zero-order valence-corrected chi connectivity index (χ0v) is 10.8. The lowest BCUT2D eigenvalue weighted by Crippen LogP contribution is -2.24. The monoisotopic (exact) mass is 257 g/mol. The quantitative estimate of drug-likeness (QED) is 0.897. The van der Waals surface area contributed by atoms with Gasteiger partial charge in [0.15, 0.2) is 0 Å². The molecule has 0 fully saturated rings. The Kier molecular flexibility index (Phi) is 2.99. The van der Waals surface area contributed by atoms with Crippen molar-refractivity contribution in [2.45, 2.75) is 19.4 Å². The highest BCUT2D eigenvalue weighted by atomic mass is 19.1. The summed E-state index contributed by atoms with van der Waals surface area (Å²) in [5.41, 5.74) is 9.46. The zero-order chi connectivity index (χ0) is 13.4. The van der Waals surface area contributed by atoms with Gasteiger partial charge in [0, 0.05) is 24.1 Å². The van der Waals surface area contributed by atoms with Gasteiger partial charge in [-0.1, -0.05) is 24.3 Å². The molecule has 0 spiro atoms. The van der Waals surface area contributed by atoms with Crippen LogP contribution in [0.4, 0.5) is 4.39 Å². The molecule has 0 aliphatic carbocycles. The maximum absolute atomic E-state index is 13.9. The van der Waals surface area contributed by atoms with E-state index in [2.05, 4.69) is 0 Å². The van der Waals surface area contributed by atoms with Crippen LogP contribution in [0.3, 0.4) is 0 Å². The van der Waals surface area contributed by atoms with E-state index in [0.29, 0.717) is 24.3 Å². The summed E-state index contributed by atoms with van der Waals surface area (Å²) in [6.07, 6.45) is 0.437. The fourth-order valence-electron chi connectivity index (χ4n) is 2.58. The molecule has 98 valence electrons. The fraction of sp³-hybridized carbons (Fsp3) is 0.250. The van der Waals surface area contributed by atoms with Crippen LogP contribution in [0.2, 0.25) is 0 Å². The molecule has 3 rings (SSSR count). The molecule has 1 heterocycles. The summed E-state index contributed by atoms with van der Waals surface area (Å²) in [6.45, 7) is 2.45. The standard InChI is InChI=1S/C16H16FNO/c1-10-4-2-3-5-12(10)13-6-7-15(17)14-8-11(9-18)19-16(13)14/h2-7,11H,8-9,18H2,1H3/t11-/m1/s1. The number of rotatable bonds is 2. The highest BCUT2D eigenvalue weighted by Crippen LogP contribution is 2.40. The number of aryl methyl sites for hydroxylation is 1. The summed E-state index contributed by atoms with van der Waals surface area (Å²) in [5.74, 6) is 0.452. The second kappa shape index (κ2) is 4.67. The average Bonchev–Trinajstić information content (AvgIpc) is 2.85. The van der Waals surface area contributed by atoms with Gasteiger partial charge in [-0.25, -0.2) is 4.39 Å². The van der Waals surface area contributed by atoms with Gasteiger partial charge in [0.25, 0.3) is 0 Å². The van der Waals surface area contributed by atoms with E-state index < -0.39 is 0 Å². The van der Waals surface area contributed by atoms with Gasteiger partial charge in [0.1, 0.15) is 17.7 Å². The number of benzene rings is 2. The summed E-state index contributed by atoms with van der Waals surface area (Å²) < 4.78 is 19.7. The molecule has 2 aromatic carbocycles. The third kappa shape index (κ3) is 2.00. The van der Waals surface area contributed by atoms with Crippen LogP contribution in [0.5, 0.6) is 5.75 Å². The Morgan fingerprint density at radius 1 is 1.21 bits per heavy atom. The molecule has 0 bridgehead atoms. The highest BCUT2D eigenvalue weighted by molar-refractivity contribution is 5.75. The van der Waals surface area contributed by atoms with Crippen LogP contribution >= 0.6 is 0 Å². The molecule has 1 aliphatic heterocycles. The molecule has 0 aromatic heterocycles. The van der Waals surface area contributed by atoms with E-state index in [0.717, 1.165) is 16.7 Å². The number of fused-ring (bicyclic) bond motifs is 1. The minimum atomic E-state index is -0.205. The van der Waals surface area contributed by atoms with Crippen LogP contribution in [0.25, 0.3) is 11.1 Å². The van der Waals surface area contributed by atoms with Crippen molar-refractivity contribution in [1.29, 1.82) is 0 Å². The van der Waals surface area contributed by atoms with Crippen LogP contribution < -0.4 is 10.5 Å². The lowest BCUT2D eigenvalue weighted by Gasteiger charge is -2.12. The predicted molar refractivity (Wildman–Crippen MR) is 73.7 cm³/mol. The van der Waals surface area contributed by atoms with Crippen molar-refractivity contribution in [3.05, 3.63) is 53.3 Å². The van der Waals surface area contributed by atoms with Crippen LogP contribution in [-0.4, -0.2) is 12.6 Å². The summed E-state index contributed by atoms with van der Waals surface area (Å²) in [4.78, 5) is 0. The van der Waals surface area contributed by atoms with E-state index in [1.165, 1.54) is 6.07 Å². The molecule has 0 saturated carbocycles. The van der Waals surface area contributed by atoms with Crippen molar-refractivity contribution in [3.63, 3.8) is 0 Å². The van der Waals surface area contributed by atoms with E-state index in [-0.39, 0.29) is 11.9 Å². The normalized spacial score (nSPS) is 17.1. The first-order valence-corrected chi connectivity index (χ1v) is 6.45. The predicted octanol–water partition coefficient (Wildman–Crippen LogP) is 3.06. The van der Waals surface area contributed by atoms with Crippen LogP contribution in [0.15, 0.2) is 36.4 Å². The van der Waals surface area contributed by atoms with E-state index in [4.69, 9.17) is 10.5 Å². The van der Waals surface area contributed by atoms with E-state index >= 15 is 0 Å². The van der Waals surface area contributed by atoms with Crippen molar-refractivity contribution < 1.29 is 9.13 Å². The molecule has 0 amide bonds. The van der Waals surface area contributed by atoms with E-state index in [1.54, 1.807) is 6.07 Å². The van der Waals surface area contributed by atoms with Crippen molar-refractivity contribution >= 4 is 0 Å². The van der Waals surface area contributed by atoms with Crippen LogP contribution in [0, 0.1) is 12.7 Å². The Hall–Kier alpha value is -1.87. The summed E-state index contributed by atoms with van der Waals surface area (Å²) >= 11 is 0. The number of hydrogen-bond donors (Lipinski definition) is 1. The molecule has 1 aliphatic rings. The minimum absolute atomic E-state index is 0.116. The molecule has 0 saturated heterocycles. The van der Waals surface area contributed by atoms with Gasteiger partial charge < -0.3 is 10.5 Å². The first-order chi connectivity index (χ1) is 9.20. The molecule has 1 atom stereocenters. The Morgan fingerprint density at radius 3 is 2.74 bits per heavy atom. The largest absolute Gasteiger partial charge is 0.488 e. The first kappa shape index (κ1) is 12.2. The van der Waals surface area contributed by atoms with Gasteiger partial charge in [-0.3, -0.25) is 0 Å². The number of hydrogen-bond acceptors (Lipinski definition) is 2. The Balaban J connectivity index is 2.16. The van der Waals surface area contributed by atoms with Crippen molar-refractivity contribution in [3.8, 4) is 16.9 Å². The smallest absolute Gasteiger partial charge is 0.133 e. The minimum Gasteiger partial charge on any atom is -0.488 e. The van der Waals surface area contributed by atoms with Gasteiger partial charge in [0.05, 0.1) is 0 Å². The lowest BCUT2D eigenvalue weighted by atomic mass is 9.97. The van der Waals surface area contributed by atoms with Gasteiger partial charge in [-0.05, 0) is 30.2 Å². The molecular weight excluding hydrogens is 241 g/mol. The summed E-state index contributed by atoms with van der Waals surface area (Å²) in [5, 5.41) is 0. The SMILES string of the molecule is Cc1ccccc1-c1ccc(F)c2c1O[C@@H](CN)C2. The van der Waals surface area contributed by atoms with Gasteiger partial charge in [-0.2, -0.15) is 0 Å². The Labute approximate surface area is 112 Å². The molecule has 3 heteroatoms. The molecule has 2 aromatic rings. The maximum Gasteiger partial charge on any atom is 0.133 e. The van der Waals surface area contributed by atoms with Crippen LogP contribution in [0.1, 0.15) is 11.1 Å². The van der Waals surface area contributed by atoms with Gasteiger partial charge >= 0.3 is 0 Å². The van der Waals surface area contributed by atoms with Crippen LogP contribution in [-0.2, 0) is 6.42 Å². The summed E-state index contributed by atoms with van der Waals surface area (Å²) in [7, 11) is 0. The van der Waals surface area contributed by atoms with Gasteiger partial charge in [0.2, 0.25) is 0 Å². The number of nitrogens with two attached hydrogens (primary N) is 1. The topological polar surface area (TPSA) is 35.2 Å². The maximum atomic E-state index is 13.9. The zero-order valence-electron chi connectivity index (χ0n) is 10.8. The second-order valence-corrected chi connectivity index (χ2v) is 4.90. The van der Waals surface area contributed by atoms with Crippen molar-refractivity contribution in [2.75, 3.05) is 6.54 Å². The number of halogens is 1. The molecule has 19 heavy (non-hydrogen) atoms. The van der Waals surface area contributed by atoms with E-state index in [9.17, 15) is 4.39 Å². The third-order valence-electron chi connectivity index (χ3n) is 3.62. The molecule has 0 radical (unpaired) electrons. The van der Waals surface area contributed by atoms with E-state index in [1.807, 2.05) is 31.2 Å². The summed E-state index contributed by atoms with van der Waals surface area (Å²) in [6, 6.07) is 11.3. The first-order valence-electron chi connectivity index (χ1n) is 6.45. The fourth-order valence-corrected chi connectivity index (χ4v) is 2.58. The average molecular weight is 257 g/mol.